The number of carbonyl (C=O) groups is 1. The number of carbonyl (C=O) groups excluding carboxylic acids is 1. The average molecular weight is 478 g/mol. The molecule has 0 spiro atoms. The average Bonchev–Trinajstić information content (AvgIpc) is 2.67. The van der Waals surface area contributed by atoms with Gasteiger partial charge in [0.25, 0.3) is 0 Å². The van der Waals surface area contributed by atoms with E-state index in [-0.39, 0.29) is 29.9 Å². The highest BCUT2D eigenvalue weighted by Gasteiger charge is 2.13. The molecule has 0 unspecified atom stereocenters. The highest BCUT2D eigenvalue weighted by atomic mass is 127. The maximum absolute atomic E-state index is 11.9. The van der Waals surface area contributed by atoms with E-state index in [0.717, 1.165) is 24.1 Å². The van der Waals surface area contributed by atoms with Crippen molar-refractivity contribution in [1.82, 2.24) is 5.32 Å². The van der Waals surface area contributed by atoms with Crippen molar-refractivity contribution in [3.63, 3.8) is 0 Å². The Bertz CT molecular complexity index is 777. The van der Waals surface area contributed by atoms with Crippen LogP contribution in [-0.4, -0.2) is 18.4 Å². The largest absolute Gasteiger partial charge is 0.370 e. The molecule has 3 rings (SSSR count). The first-order chi connectivity index (χ1) is 12.7. The van der Waals surface area contributed by atoms with E-state index in [1.54, 1.807) is 0 Å². The molecule has 0 radical (unpaired) electrons. The third-order valence-corrected chi connectivity index (χ3v) is 4.61. The van der Waals surface area contributed by atoms with Crippen LogP contribution in [0.3, 0.4) is 0 Å². The van der Waals surface area contributed by atoms with E-state index in [2.05, 4.69) is 27.8 Å². The molecule has 0 atom stereocenters. The molecule has 0 heterocycles. The van der Waals surface area contributed by atoms with Crippen molar-refractivity contribution in [2.75, 3.05) is 11.9 Å². The van der Waals surface area contributed by atoms with E-state index < -0.39 is 0 Å². The normalized spacial score (nSPS) is 13.3. The first-order valence-electron chi connectivity index (χ1n) is 9.21. The highest BCUT2D eigenvalue weighted by molar-refractivity contribution is 14.0. The number of guanidine groups is 1. The fourth-order valence-corrected chi connectivity index (χ4v) is 3.24. The Balaban J connectivity index is 0.00000261. The number of nitrogens with one attached hydrogen (secondary N) is 2. The highest BCUT2D eigenvalue weighted by Crippen LogP contribution is 2.27. The van der Waals surface area contributed by atoms with Gasteiger partial charge in [-0.05, 0) is 48.4 Å². The van der Waals surface area contributed by atoms with Crippen LogP contribution in [0.25, 0.3) is 0 Å². The van der Waals surface area contributed by atoms with Crippen LogP contribution >= 0.6 is 24.0 Å². The number of rotatable bonds is 6. The van der Waals surface area contributed by atoms with Gasteiger partial charge in [0.15, 0.2) is 5.96 Å². The van der Waals surface area contributed by atoms with Crippen molar-refractivity contribution in [2.24, 2.45) is 10.7 Å². The zero-order chi connectivity index (χ0) is 18.2. The van der Waals surface area contributed by atoms with Crippen molar-refractivity contribution in [2.45, 2.75) is 38.6 Å². The summed E-state index contributed by atoms with van der Waals surface area (Å²) in [5.74, 6) is 0.335. The predicted octanol–water partition coefficient (Wildman–Crippen LogP) is 3.62. The molecule has 0 aliphatic heterocycles. The molecule has 0 bridgehead atoms. The Labute approximate surface area is 177 Å². The smallest absolute Gasteiger partial charge is 0.222 e. The summed E-state index contributed by atoms with van der Waals surface area (Å²) < 4.78 is 0. The Morgan fingerprint density at radius 2 is 1.81 bits per heavy atom. The number of nitrogens with zero attached hydrogens (tertiary/aromatic N) is 1. The van der Waals surface area contributed by atoms with E-state index in [1.807, 2.05) is 36.4 Å². The molecular weight excluding hydrogens is 451 g/mol. The second kappa shape index (κ2) is 10.9. The molecular formula is C21H27IN4O. The van der Waals surface area contributed by atoms with Crippen molar-refractivity contribution in [3.05, 3.63) is 65.2 Å². The predicted molar refractivity (Wildman–Crippen MR) is 122 cm³/mol. The van der Waals surface area contributed by atoms with Crippen molar-refractivity contribution in [3.8, 4) is 0 Å². The first-order valence-corrected chi connectivity index (χ1v) is 9.21. The number of fused-ring (bicyclic) bond motifs is 1. The molecule has 1 amide bonds. The quantitative estimate of drug-likeness (QED) is 0.337. The Morgan fingerprint density at radius 3 is 2.63 bits per heavy atom. The molecule has 0 fully saturated rings. The van der Waals surface area contributed by atoms with Crippen LogP contribution in [0.5, 0.6) is 0 Å². The minimum absolute atomic E-state index is 0. The molecule has 6 heteroatoms. The van der Waals surface area contributed by atoms with Gasteiger partial charge in [-0.15, -0.1) is 24.0 Å². The molecule has 0 saturated carbocycles. The lowest BCUT2D eigenvalue weighted by Gasteiger charge is -2.19. The molecule has 2 aromatic rings. The van der Waals surface area contributed by atoms with E-state index >= 15 is 0 Å². The Hall–Kier alpha value is -2.09. The number of nitrogens with two attached hydrogens (primary N) is 1. The zero-order valence-corrected chi connectivity index (χ0v) is 17.7. The van der Waals surface area contributed by atoms with Crippen molar-refractivity contribution >= 4 is 41.5 Å². The molecule has 4 N–H and O–H groups in total. The summed E-state index contributed by atoms with van der Waals surface area (Å²) in [6, 6.07) is 16.1. The molecule has 0 saturated heterocycles. The minimum atomic E-state index is -0.0255. The van der Waals surface area contributed by atoms with Gasteiger partial charge in [0.2, 0.25) is 5.91 Å². The maximum atomic E-state index is 11.9. The van der Waals surface area contributed by atoms with Crippen LogP contribution in [0.2, 0.25) is 0 Å². The number of hydrogen-bond donors (Lipinski definition) is 3. The maximum Gasteiger partial charge on any atom is 0.222 e. The first kappa shape index (κ1) is 21.2. The lowest BCUT2D eigenvalue weighted by Crippen LogP contribution is -2.26. The summed E-state index contributed by atoms with van der Waals surface area (Å²) >= 11 is 0. The fourth-order valence-electron chi connectivity index (χ4n) is 3.24. The van der Waals surface area contributed by atoms with Crippen LogP contribution in [0.4, 0.5) is 5.69 Å². The van der Waals surface area contributed by atoms with Crippen LogP contribution in [0.15, 0.2) is 53.5 Å². The van der Waals surface area contributed by atoms with E-state index in [1.165, 1.54) is 24.0 Å². The number of amides is 1. The van der Waals surface area contributed by atoms with Crippen LogP contribution in [0, 0.1) is 0 Å². The number of anilines is 1. The van der Waals surface area contributed by atoms with Gasteiger partial charge in [-0.1, -0.05) is 42.5 Å². The number of aliphatic imine (C=N–C) groups is 1. The van der Waals surface area contributed by atoms with Crippen LogP contribution < -0.4 is 16.4 Å². The third-order valence-electron chi connectivity index (χ3n) is 4.61. The van der Waals surface area contributed by atoms with E-state index in [4.69, 9.17) is 5.73 Å². The van der Waals surface area contributed by atoms with Gasteiger partial charge in [-0.2, -0.15) is 0 Å². The molecule has 2 aromatic carbocycles. The van der Waals surface area contributed by atoms with E-state index in [0.29, 0.717) is 25.5 Å². The summed E-state index contributed by atoms with van der Waals surface area (Å²) in [4.78, 5) is 16.2. The zero-order valence-electron chi connectivity index (χ0n) is 15.4. The fraction of sp³-hybridized carbons (Fsp3) is 0.333. The van der Waals surface area contributed by atoms with E-state index in [9.17, 15) is 4.79 Å². The number of benzene rings is 2. The molecule has 144 valence electrons. The standard InChI is InChI=1S/C21H26N4O.HI/c22-21(25-19-12-6-10-17-9-4-5-11-18(17)19)23-14-13-20(26)24-15-16-7-2-1-3-8-16;/h1-3,6-8,10,12H,4-5,9,11,13-15H2,(H,24,26)(H3,22,23,25);1H. The minimum Gasteiger partial charge on any atom is -0.370 e. The van der Waals surface area contributed by atoms with Gasteiger partial charge < -0.3 is 16.4 Å². The van der Waals surface area contributed by atoms with Crippen LogP contribution in [0.1, 0.15) is 36.0 Å². The summed E-state index contributed by atoms with van der Waals surface area (Å²) in [7, 11) is 0. The monoisotopic (exact) mass is 478 g/mol. The van der Waals surface area contributed by atoms with Gasteiger partial charge in [0.1, 0.15) is 0 Å². The Kier molecular flexibility index (Phi) is 8.57. The third kappa shape index (κ3) is 6.53. The summed E-state index contributed by atoms with van der Waals surface area (Å²) in [6.07, 6.45) is 4.99. The lowest BCUT2D eigenvalue weighted by atomic mass is 9.90. The molecule has 0 aromatic heterocycles. The number of hydrogen-bond acceptors (Lipinski definition) is 2. The SMILES string of the molecule is I.NC(=NCCC(=O)NCc1ccccc1)Nc1cccc2c1CCCC2. The van der Waals surface area contributed by atoms with Crippen molar-refractivity contribution in [1.29, 1.82) is 0 Å². The topological polar surface area (TPSA) is 79.5 Å². The summed E-state index contributed by atoms with van der Waals surface area (Å²) in [6.45, 7) is 0.905. The second-order valence-electron chi connectivity index (χ2n) is 6.55. The van der Waals surface area contributed by atoms with Gasteiger partial charge in [-0.3, -0.25) is 9.79 Å². The lowest BCUT2D eigenvalue weighted by molar-refractivity contribution is -0.121. The van der Waals surface area contributed by atoms with Gasteiger partial charge in [0.05, 0.1) is 6.54 Å². The number of halogens is 1. The van der Waals surface area contributed by atoms with Gasteiger partial charge in [-0.25, -0.2) is 0 Å². The van der Waals surface area contributed by atoms with Gasteiger partial charge >= 0.3 is 0 Å². The molecule has 1 aliphatic rings. The van der Waals surface area contributed by atoms with Crippen LogP contribution in [-0.2, 0) is 24.2 Å². The summed E-state index contributed by atoms with van der Waals surface area (Å²) in [5, 5.41) is 6.09. The molecule has 5 nitrogen and oxygen atoms in total. The number of aryl methyl sites for hydroxylation is 1. The Morgan fingerprint density at radius 1 is 1.04 bits per heavy atom. The van der Waals surface area contributed by atoms with Crippen molar-refractivity contribution < 1.29 is 4.79 Å². The molecule has 1 aliphatic carbocycles. The second-order valence-corrected chi connectivity index (χ2v) is 6.55. The van der Waals surface area contributed by atoms with Gasteiger partial charge in [0, 0.05) is 18.7 Å². The molecule has 27 heavy (non-hydrogen) atoms. The summed E-state index contributed by atoms with van der Waals surface area (Å²) in [5.41, 5.74) is 10.9.